The molecule has 0 aromatic carbocycles. The fraction of sp³-hybridized carbons (Fsp3) is 0.667. The van der Waals surface area contributed by atoms with Crippen molar-refractivity contribution in [3.8, 4) is 0 Å². The van der Waals surface area contributed by atoms with Crippen molar-refractivity contribution in [2.45, 2.75) is 45.3 Å². The number of amides is 2. The number of rotatable bonds is 5. The molecule has 1 aromatic heterocycles. The number of carbonyl (C=O) groups excluding carboxylic acids is 2. The maximum atomic E-state index is 12.4. The number of ether oxygens (including phenoxy) is 1. The van der Waals surface area contributed by atoms with Crippen LogP contribution in [0.25, 0.3) is 0 Å². The van der Waals surface area contributed by atoms with E-state index in [4.69, 9.17) is 10.5 Å². The van der Waals surface area contributed by atoms with E-state index in [1.165, 1.54) is 0 Å². The van der Waals surface area contributed by atoms with E-state index in [1.54, 1.807) is 22.9 Å². The molecule has 1 aromatic rings. The molecule has 7 nitrogen and oxygen atoms in total. The second-order valence-electron chi connectivity index (χ2n) is 6.62. The molecule has 22 heavy (non-hydrogen) atoms. The molecule has 1 fully saturated rings. The Morgan fingerprint density at radius 2 is 2.18 bits per heavy atom. The zero-order valence-corrected chi connectivity index (χ0v) is 13.6. The molecule has 2 heterocycles. The summed E-state index contributed by atoms with van der Waals surface area (Å²) in [6, 6.07) is -0.360. The monoisotopic (exact) mass is 308 g/mol. The Morgan fingerprint density at radius 1 is 1.50 bits per heavy atom. The number of aromatic nitrogens is 2. The smallest absolute Gasteiger partial charge is 0.224 e. The highest BCUT2D eigenvalue weighted by Gasteiger charge is 2.48. The van der Waals surface area contributed by atoms with Gasteiger partial charge in [0.1, 0.15) is 0 Å². The highest BCUT2D eigenvalue weighted by molar-refractivity contribution is 5.90. The lowest BCUT2D eigenvalue weighted by atomic mass is 9.93. The van der Waals surface area contributed by atoms with Crippen LogP contribution in [0.3, 0.4) is 0 Å². The van der Waals surface area contributed by atoms with Gasteiger partial charge in [-0.05, 0) is 20.8 Å². The van der Waals surface area contributed by atoms with Crippen LogP contribution in [-0.2, 0) is 20.9 Å². The first-order chi connectivity index (χ1) is 10.3. The Hall–Kier alpha value is -1.89. The van der Waals surface area contributed by atoms with Gasteiger partial charge >= 0.3 is 0 Å². The van der Waals surface area contributed by atoms with Crippen LogP contribution in [0.5, 0.6) is 0 Å². The number of nitrogens with zero attached hydrogens (tertiary/aromatic N) is 3. The Labute approximate surface area is 130 Å². The van der Waals surface area contributed by atoms with Crippen LogP contribution in [0.2, 0.25) is 0 Å². The molecule has 2 N–H and O–H groups in total. The van der Waals surface area contributed by atoms with Gasteiger partial charge in [0.15, 0.2) is 0 Å². The van der Waals surface area contributed by atoms with Crippen molar-refractivity contribution in [1.29, 1.82) is 0 Å². The lowest BCUT2D eigenvalue weighted by Crippen LogP contribution is -2.44. The first kappa shape index (κ1) is 16.5. The van der Waals surface area contributed by atoms with E-state index in [-0.39, 0.29) is 23.9 Å². The maximum absolute atomic E-state index is 12.4. The quantitative estimate of drug-likeness (QED) is 0.867. The molecule has 0 aliphatic carbocycles. The van der Waals surface area contributed by atoms with Crippen molar-refractivity contribution >= 4 is 11.8 Å². The summed E-state index contributed by atoms with van der Waals surface area (Å²) in [5.74, 6) is -1.02. The zero-order valence-electron chi connectivity index (χ0n) is 13.6. The third-order valence-electron chi connectivity index (χ3n) is 3.93. The van der Waals surface area contributed by atoms with Crippen LogP contribution in [0.15, 0.2) is 12.4 Å². The third-order valence-corrected chi connectivity index (χ3v) is 3.93. The van der Waals surface area contributed by atoms with Gasteiger partial charge in [-0.25, -0.2) is 0 Å². The van der Waals surface area contributed by atoms with Crippen molar-refractivity contribution in [2.24, 2.45) is 11.7 Å². The SMILES string of the molecule is COCCn1cc(C2C(C(N)=O)CC(=O)N2C(C)(C)C)cn1. The standard InChI is InChI=1S/C15H24N4O3/c1-15(2,3)19-12(20)7-11(14(16)21)13(19)10-8-17-18(9-10)5-6-22-4/h8-9,11,13H,5-7H2,1-4H3,(H2,16,21). The van der Waals surface area contributed by atoms with Gasteiger partial charge in [0.25, 0.3) is 0 Å². The fourth-order valence-corrected chi connectivity index (χ4v) is 3.00. The van der Waals surface area contributed by atoms with Crippen molar-refractivity contribution < 1.29 is 14.3 Å². The van der Waals surface area contributed by atoms with E-state index in [9.17, 15) is 9.59 Å². The van der Waals surface area contributed by atoms with Gasteiger partial charge in [0.05, 0.1) is 31.3 Å². The topological polar surface area (TPSA) is 90.4 Å². The first-order valence-electron chi connectivity index (χ1n) is 7.38. The molecule has 2 atom stereocenters. The number of methoxy groups -OCH3 is 1. The van der Waals surface area contributed by atoms with Gasteiger partial charge < -0.3 is 15.4 Å². The summed E-state index contributed by atoms with van der Waals surface area (Å²) in [5.41, 5.74) is 5.96. The van der Waals surface area contributed by atoms with Crippen molar-refractivity contribution in [3.63, 3.8) is 0 Å². The molecular weight excluding hydrogens is 284 g/mol. The predicted octanol–water partition coefficient (Wildman–Crippen LogP) is 0.703. The average molecular weight is 308 g/mol. The molecule has 0 saturated carbocycles. The molecular formula is C15H24N4O3. The minimum atomic E-state index is -0.521. The van der Waals surface area contributed by atoms with Gasteiger partial charge in [-0.2, -0.15) is 5.10 Å². The van der Waals surface area contributed by atoms with Gasteiger partial charge in [-0.1, -0.05) is 0 Å². The number of likely N-dealkylation sites (tertiary alicyclic amines) is 1. The summed E-state index contributed by atoms with van der Waals surface area (Å²) >= 11 is 0. The van der Waals surface area contributed by atoms with Gasteiger partial charge in [-0.15, -0.1) is 0 Å². The maximum Gasteiger partial charge on any atom is 0.224 e. The number of nitrogens with two attached hydrogens (primary N) is 1. The summed E-state index contributed by atoms with van der Waals surface area (Å²) in [6.07, 6.45) is 3.71. The average Bonchev–Trinajstić information content (AvgIpc) is 2.99. The van der Waals surface area contributed by atoms with E-state index in [1.807, 2.05) is 27.0 Å². The normalized spacial score (nSPS) is 22.4. The predicted molar refractivity (Wildman–Crippen MR) is 80.7 cm³/mol. The number of hydrogen-bond acceptors (Lipinski definition) is 4. The second-order valence-corrected chi connectivity index (χ2v) is 6.62. The van der Waals surface area contributed by atoms with Gasteiger partial charge in [0, 0.05) is 30.8 Å². The summed E-state index contributed by atoms with van der Waals surface area (Å²) < 4.78 is 6.78. The highest BCUT2D eigenvalue weighted by Crippen LogP contribution is 2.42. The lowest BCUT2D eigenvalue weighted by Gasteiger charge is -2.37. The summed E-state index contributed by atoms with van der Waals surface area (Å²) in [4.78, 5) is 25.9. The van der Waals surface area contributed by atoms with Crippen molar-refractivity contribution in [3.05, 3.63) is 18.0 Å². The Morgan fingerprint density at radius 3 is 2.73 bits per heavy atom. The van der Waals surface area contributed by atoms with E-state index in [2.05, 4.69) is 5.10 Å². The van der Waals surface area contributed by atoms with Crippen LogP contribution >= 0.6 is 0 Å². The van der Waals surface area contributed by atoms with Crippen molar-refractivity contribution in [1.82, 2.24) is 14.7 Å². The van der Waals surface area contributed by atoms with E-state index < -0.39 is 11.8 Å². The van der Waals surface area contributed by atoms with Crippen LogP contribution < -0.4 is 5.73 Å². The zero-order chi connectivity index (χ0) is 16.5. The molecule has 2 rings (SSSR count). The molecule has 2 unspecified atom stereocenters. The Balaban J connectivity index is 2.35. The molecule has 1 aliphatic rings. The van der Waals surface area contributed by atoms with Crippen LogP contribution in [-0.4, -0.2) is 45.8 Å². The second kappa shape index (κ2) is 6.08. The minimum Gasteiger partial charge on any atom is -0.383 e. The van der Waals surface area contributed by atoms with Gasteiger partial charge in [-0.3, -0.25) is 14.3 Å². The first-order valence-corrected chi connectivity index (χ1v) is 7.38. The van der Waals surface area contributed by atoms with Gasteiger partial charge in [0.2, 0.25) is 11.8 Å². The molecule has 0 bridgehead atoms. The molecule has 2 amide bonds. The molecule has 0 spiro atoms. The summed E-state index contributed by atoms with van der Waals surface area (Å²) in [5, 5.41) is 4.28. The summed E-state index contributed by atoms with van der Waals surface area (Å²) in [7, 11) is 1.63. The number of carbonyl (C=O) groups is 2. The van der Waals surface area contributed by atoms with Crippen molar-refractivity contribution in [2.75, 3.05) is 13.7 Å². The molecule has 0 radical (unpaired) electrons. The van der Waals surface area contributed by atoms with E-state index in [0.29, 0.717) is 13.2 Å². The highest BCUT2D eigenvalue weighted by atomic mass is 16.5. The minimum absolute atomic E-state index is 0.0501. The van der Waals surface area contributed by atoms with Crippen LogP contribution in [0.4, 0.5) is 0 Å². The van der Waals surface area contributed by atoms with E-state index >= 15 is 0 Å². The number of hydrogen-bond donors (Lipinski definition) is 1. The molecule has 1 saturated heterocycles. The molecule has 1 aliphatic heterocycles. The molecule has 122 valence electrons. The third kappa shape index (κ3) is 3.14. The lowest BCUT2D eigenvalue weighted by molar-refractivity contribution is -0.133. The Kier molecular flexibility index (Phi) is 4.55. The molecule has 7 heteroatoms. The summed E-state index contributed by atoms with van der Waals surface area (Å²) in [6.45, 7) is 7.03. The largest absolute Gasteiger partial charge is 0.383 e. The fourth-order valence-electron chi connectivity index (χ4n) is 3.00. The number of primary amides is 1. The van der Waals surface area contributed by atoms with Crippen LogP contribution in [0.1, 0.15) is 38.8 Å². The van der Waals surface area contributed by atoms with E-state index in [0.717, 1.165) is 5.56 Å². The Bertz CT molecular complexity index is 561. The van der Waals surface area contributed by atoms with Crippen LogP contribution in [0, 0.1) is 5.92 Å².